The highest BCUT2D eigenvalue weighted by Crippen LogP contribution is 2.21. The molecular weight excluding hydrogens is 404 g/mol. The minimum atomic E-state index is -0.339. The van der Waals surface area contributed by atoms with Gasteiger partial charge in [-0.3, -0.25) is 4.79 Å². The van der Waals surface area contributed by atoms with Gasteiger partial charge in [-0.1, -0.05) is 0 Å². The second-order valence-electron chi connectivity index (χ2n) is 4.66. The lowest BCUT2D eigenvalue weighted by atomic mass is 10.3. The molecule has 0 aromatic heterocycles. The number of carbonyl (C=O) groups is 1. The van der Waals surface area contributed by atoms with Gasteiger partial charge in [-0.25, -0.2) is 4.39 Å². The summed E-state index contributed by atoms with van der Waals surface area (Å²) in [5, 5.41) is 0. The number of nitrogens with one attached hydrogen (secondary N) is 1. The van der Waals surface area contributed by atoms with Gasteiger partial charge in [0, 0.05) is 32.3 Å². The predicted octanol–water partition coefficient (Wildman–Crippen LogP) is 3.37. The van der Waals surface area contributed by atoms with E-state index in [-0.39, 0.29) is 18.2 Å². The Balaban J connectivity index is 1.99. The monoisotopic (exact) mass is 425 g/mol. The van der Waals surface area contributed by atoms with Crippen LogP contribution in [0, 0.1) is 5.82 Å². The van der Waals surface area contributed by atoms with Crippen molar-refractivity contribution in [2.45, 2.75) is 19.8 Å². The number of carbonyl (C=O) groups excluding carboxylic acids is 1. The third-order valence-electron chi connectivity index (χ3n) is 2.63. The van der Waals surface area contributed by atoms with E-state index < -0.39 is 0 Å². The van der Waals surface area contributed by atoms with Crippen LogP contribution in [0.3, 0.4) is 0 Å². The van der Waals surface area contributed by atoms with E-state index in [1.54, 1.807) is 12.1 Å². The van der Waals surface area contributed by atoms with Crippen molar-refractivity contribution in [1.82, 2.24) is 0 Å². The quantitative estimate of drug-likeness (QED) is 0.316. The molecule has 7 heteroatoms. The summed E-state index contributed by atoms with van der Waals surface area (Å²) in [7, 11) is 0. The molecule has 124 valence electrons. The zero-order valence-electron chi connectivity index (χ0n) is 12.6. The van der Waals surface area contributed by atoms with E-state index in [0.717, 1.165) is 12.8 Å². The van der Waals surface area contributed by atoms with E-state index in [9.17, 15) is 9.18 Å². The third kappa shape index (κ3) is 8.50. The second kappa shape index (κ2) is 11.6. The fourth-order valence-corrected chi connectivity index (χ4v) is 2.03. The Morgan fingerprint density at radius 1 is 1.18 bits per heavy atom. The molecule has 5 nitrogen and oxygen atoms in total. The van der Waals surface area contributed by atoms with E-state index in [0.29, 0.717) is 37.9 Å². The minimum absolute atomic E-state index is 0.0248. The Bertz CT molecular complexity index is 459. The highest BCUT2D eigenvalue weighted by molar-refractivity contribution is 14.1. The first kappa shape index (κ1) is 19.1. The van der Waals surface area contributed by atoms with Crippen LogP contribution in [0.15, 0.2) is 18.2 Å². The fourth-order valence-electron chi connectivity index (χ4n) is 1.59. The maximum atomic E-state index is 13.5. The zero-order chi connectivity index (χ0) is 16.2. The lowest BCUT2D eigenvalue weighted by Crippen LogP contribution is -2.08. The average Bonchev–Trinajstić information content (AvgIpc) is 2.49. The van der Waals surface area contributed by atoms with Crippen molar-refractivity contribution in [3.05, 3.63) is 24.0 Å². The molecule has 22 heavy (non-hydrogen) atoms. The molecule has 0 aliphatic heterocycles. The molecule has 1 N–H and O–H groups in total. The topological polar surface area (TPSA) is 56.8 Å². The van der Waals surface area contributed by atoms with Gasteiger partial charge < -0.3 is 17.7 Å². The molecule has 0 fully saturated rings. The number of anilines is 1. The van der Waals surface area contributed by atoms with Crippen LogP contribution in [0.1, 0.15) is 19.8 Å². The van der Waals surface area contributed by atoms with Crippen molar-refractivity contribution >= 4 is 34.3 Å². The first-order chi connectivity index (χ1) is 10.6. The van der Waals surface area contributed by atoms with Crippen LogP contribution in [0.2, 0.25) is 0 Å². The molecule has 0 unspecified atom stereocenters. The maximum Gasteiger partial charge on any atom is 0.155 e. The number of hydrogen-bond acceptors (Lipinski definition) is 5. The fraction of sp³-hybridized carbons (Fsp3) is 0.533. The van der Waals surface area contributed by atoms with Crippen molar-refractivity contribution in [3.63, 3.8) is 0 Å². The molecule has 1 rings (SSSR count). The van der Waals surface area contributed by atoms with Gasteiger partial charge in [0.1, 0.15) is 12.4 Å². The van der Waals surface area contributed by atoms with Crippen molar-refractivity contribution in [3.8, 4) is 5.75 Å². The molecule has 0 atom stereocenters. The van der Waals surface area contributed by atoms with Crippen molar-refractivity contribution in [2.24, 2.45) is 0 Å². The van der Waals surface area contributed by atoms with Crippen molar-refractivity contribution in [2.75, 3.05) is 36.6 Å². The van der Waals surface area contributed by atoms with Gasteiger partial charge in [-0.15, -0.1) is 0 Å². The first-order valence-corrected chi connectivity index (χ1v) is 8.15. The Kier molecular flexibility index (Phi) is 10.1. The SMILES string of the molecule is CC(=O)COCCCOCCCOc1ccc(NI)c(F)c1. The second-order valence-corrected chi connectivity index (χ2v) is 5.20. The number of rotatable bonds is 12. The van der Waals surface area contributed by atoms with Crippen LogP contribution >= 0.6 is 22.9 Å². The van der Waals surface area contributed by atoms with Gasteiger partial charge in [0.05, 0.1) is 35.2 Å². The Morgan fingerprint density at radius 2 is 1.86 bits per heavy atom. The molecule has 0 spiro atoms. The molecule has 0 saturated carbocycles. The number of halogens is 2. The molecule has 0 amide bonds. The van der Waals surface area contributed by atoms with Crippen LogP contribution < -0.4 is 8.27 Å². The number of Topliss-reactive ketones (excluding diaryl/α,β-unsaturated/α-hetero) is 1. The van der Waals surface area contributed by atoms with Gasteiger partial charge in [-0.05, 0) is 25.5 Å². The predicted molar refractivity (Wildman–Crippen MR) is 91.1 cm³/mol. The summed E-state index contributed by atoms with van der Waals surface area (Å²) in [6.07, 6.45) is 1.48. The molecule has 0 saturated heterocycles. The Labute approximate surface area is 144 Å². The van der Waals surface area contributed by atoms with Gasteiger partial charge in [0.25, 0.3) is 0 Å². The summed E-state index contributed by atoms with van der Waals surface area (Å²) in [4.78, 5) is 10.6. The molecule has 0 radical (unpaired) electrons. The smallest absolute Gasteiger partial charge is 0.155 e. The molecule has 0 aliphatic carbocycles. The number of hydrogen-bond donors (Lipinski definition) is 1. The molecular formula is C15H21FINO4. The summed E-state index contributed by atoms with van der Waals surface area (Å²) < 4.78 is 32.2. The molecule has 1 aromatic rings. The van der Waals surface area contributed by atoms with Crippen molar-refractivity contribution < 1.29 is 23.4 Å². The summed E-state index contributed by atoms with van der Waals surface area (Å²) >= 11 is 1.88. The molecule has 0 aliphatic rings. The zero-order valence-corrected chi connectivity index (χ0v) is 14.7. The van der Waals surface area contributed by atoms with Crippen LogP contribution in [0.25, 0.3) is 0 Å². The largest absolute Gasteiger partial charge is 0.493 e. The van der Waals surface area contributed by atoms with Crippen LogP contribution in [0.4, 0.5) is 10.1 Å². The summed E-state index contributed by atoms with van der Waals surface area (Å²) in [6, 6.07) is 4.71. The highest BCUT2D eigenvalue weighted by Gasteiger charge is 2.02. The van der Waals surface area contributed by atoms with Crippen LogP contribution in [-0.4, -0.2) is 38.8 Å². The molecule has 0 bridgehead atoms. The van der Waals surface area contributed by atoms with Gasteiger partial charge in [-0.2, -0.15) is 0 Å². The third-order valence-corrected chi connectivity index (χ3v) is 3.21. The van der Waals surface area contributed by atoms with Gasteiger partial charge in [0.15, 0.2) is 11.6 Å². The standard InChI is InChI=1S/C15H21FINO4/c1-12(19)11-21-8-2-6-20-7-3-9-22-13-4-5-15(18-17)14(16)10-13/h4-5,10,18H,2-3,6-9,11H2,1H3. The van der Waals surface area contributed by atoms with E-state index in [1.807, 2.05) is 22.9 Å². The minimum Gasteiger partial charge on any atom is -0.493 e. The molecule has 0 heterocycles. The van der Waals surface area contributed by atoms with E-state index in [2.05, 4.69) is 3.53 Å². The van der Waals surface area contributed by atoms with Gasteiger partial charge >= 0.3 is 0 Å². The lowest BCUT2D eigenvalue weighted by Gasteiger charge is -2.08. The molecule has 1 aromatic carbocycles. The van der Waals surface area contributed by atoms with E-state index in [4.69, 9.17) is 14.2 Å². The van der Waals surface area contributed by atoms with Gasteiger partial charge in [0.2, 0.25) is 0 Å². The normalized spacial score (nSPS) is 10.5. The number of benzene rings is 1. The Morgan fingerprint density at radius 3 is 2.50 bits per heavy atom. The summed E-state index contributed by atoms with van der Waals surface area (Å²) in [5.74, 6) is 0.191. The summed E-state index contributed by atoms with van der Waals surface area (Å²) in [6.45, 7) is 3.81. The van der Waals surface area contributed by atoms with Crippen molar-refractivity contribution in [1.29, 1.82) is 0 Å². The number of ketones is 1. The maximum absolute atomic E-state index is 13.5. The lowest BCUT2D eigenvalue weighted by molar-refractivity contribution is -0.121. The van der Waals surface area contributed by atoms with E-state index >= 15 is 0 Å². The number of ether oxygens (including phenoxy) is 3. The van der Waals surface area contributed by atoms with E-state index in [1.165, 1.54) is 13.0 Å². The van der Waals surface area contributed by atoms with Crippen LogP contribution in [0.5, 0.6) is 5.75 Å². The Hall–Kier alpha value is -0.930. The average molecular weight is 425 g/mol. The highest BCUT2D eigenvalue weighted by atomic mass is 127. The van der Waals surface area contributed by atoms with Crippen LogP contribution in [-0.2, 0) is 14.3 Å². The summed E-state index contributed by atoms with van der Waals surface area (Å²) in [5.41, 5.74) is 0.434. The first-order valence-electron chi connectivity index (χ1n) is 7.07.